The van der Waals surface area contributed by atoms with Gasteiger partial charge in [0.2, 0.25) is 0 Å². The van der Waals surface area contributed by atoms with Crippen LogP contribution >= 0.6 is 0 Å². The zero-order valence-corrected chi connectivity index (χ0v) is 13.9. The molecule has 26 heavy (non-hydrogen) atoms. The van der Waals surface area contributed by atoms with Crippen LogP contribution in [0.15, 0.2) is 61.1 Å². The van der Waals surface area contributed by atoms with Gasteiger partial charge in [0, 0.05) is 17.7 Å². The monoisotopic (exact) mass is 347 g/mol. The quantitative estimate of drug-likeness (QED) is 0.756. The minimum absolute atomic E-state index is 0.00383. The molecule has 0 spiro atoms. The summed E-state index contributed by atoms with van der Waals surface area (Å²) in [6.45, 7) is -0.0424. The fraction of sp³-hybridized carbons (Fsp3) is 0.150. The van der Waals surface area contributed by atoms with Crippen LogP contribution in [0.25, 0.3) is 11.1 Å². The van der Waals surface area contributed by atoms with Crippen molar-refractivity contribution in [2.75, 3.05) is 11.9 Å². The normalized spacial score (nSPS) is 12.3. The molecule has 1 aliphatic rings. The van der Waals surface area contributed by atoms with Gasteiger partial charge in [0.1, 0.15) is 18.8 Å². The number of aliphatic hydroxyl groups excluding tert-OH is 1. The van der Waals surface area contributed by atoms with Crippen LogP contribution < -0.4 is 5.32 Å². The van der Waals surface area contributed by atoms with Gasteiger partial charge >= 0.3 is 6.09 Å². The van der Waals surface area contributed by atoms with Gasteiger partial charge in [-0.15, -0.1) is 0 Å². The lowest BCUT2D eigenvalue weighted by Gasteiger charge is -2.15. The summed E-state index contributed by atoms with van der Waals surface area (Å²) in [5, 5.41) is 11.8. The van der Waals surface area contributed by atoms with E-state index in [0.29, 0.717) is 5.56 Å². The summed E-state index contributed by atoms with van der Waals surface area (Å²) in [5.74, 6) is 0.246. The highest BCUT2D eigenvalue weighted by molar-refractivity contribution is 5.84. The van der Waals surface area contributed by atoms with Gasteiger partial charge < -0.3 is 9.84 Å². The fourth-order valence-electron chi connectivity index (χ4n) is 3.32. The van der Waals surface area contributed by atoms with Crippen molar-refractivity contribution < 1.29 is 14.6 Å². The van der Waals surface area contributed by atoms with Crippen molar-refractivity contribution in [3.63, 3.8) is 0 Å². The first kappa shape index (κ1) is 16.2. The predicted molar refractivity (Wildman–Crippen MR) is 96.6 cm³/mol. The number of nitrogens with one attached hydrogen (secondary N) is 1. The van der Waals surface area contributed by atoms with Crippen molar-refractivity contribution in [3.05, 3.63) is 77.7 Å². The predicted octanol–water partition coefficient (Wildman–Crippen LogP) is 3.33. The van der Waals surface area contributed by atoms with Gasteiger partial charge in [-0.2, -0.15) is 0 Å². The molecule has 0 aliphatic heterocycles. The Balaban J connectivity index is 1.50. The van der Waals surface area contributed by atoms with E-state index in [0.717, 1.165) is 11.1 Å². The van der Waals surface area contributed by atoms with Crippen LogP contribution in [0.5, 0.6) is 0 Å². The topological polar surface area (TPSA) is 84.3 Å². The molecule has 1 aliphatic carbocycles. The Labute approximate surface area is 150 Å². The van der Waals surface area contributed by atoms with E-state index < -0.39 is 6.09 Å². The van der Waals surface area contributed by atoms with E-state index >= 15 is 0 Å². The lowest BCUT2D eigenvalue weighted by atomic mass is 9.98. The number of amides is 1. The van der Waals surface area contributed by atoms with E-state index in [1.807, 2.05) is 24.3 Å². The number of hydrogen-bond donors (Lipinski definition) is 2. The standard InChI is InChI=1S/C20H17N3O3/c24-10-13-9-21-12-22-19(13)23-20(25)26-11-18-16-7-3-1-5-14(16)15-6-2-4-8-17(15)18/h1-9,12,18,24H,10-11H2,(H,21,22,23,25). The molecular formula is C20H17N3O3. The molecule has 0 atom stereocenters. The zero-order valence-electron chi connectivity index (χ0n) is 13.9. The number of aliphatic hydroxyl groups is 1. The summed E-state index contributed by atoms with van der Waals surface area (Å²) in [7, 11) is 0. The smallest absolute Gasteiger partial charge is 0.412 e. The molecule has 130 valence electrons. The summed E-state index contributed by atoms with van der Waals surface area (Å²) < 4.78 is 5.45. The number of aromatic nitrogens is 2. The first-order valence-electron chi connectivity index (χ1n) is 8.29. The highest BCUT2D eigenvalue weighted by Crippen LogP contribution is 2.44. The molecular weight excluding hydrogens is 330 g/mol. The number of anilines is 1. The van der Waals surface area contributed by atoms with Crippen molar-refractivity contribution in [2.45, 2.75) is 12.5 Å². The second-order valence-electron chi connectivity index (χ2n) is 6.01. The first-order valence-corrected chi connectivity index (χ1v) is 8.29. The van der Waals surface area contributed by atoms with E-state index in [1.165, 1.54) is 23.7 Å². The molecule has 1 aromatic heterocycles. The number of ether oxygens (including phenoxy) is 1. The molecule has 0 radical (unpaired) electrons. The van der Waals surface area contributed by atoms with Crippen LogP contribution in [0, 0.1) is 0 Å². The second-order valence-corrected chi connectivity index (χ2v) is 6.01. The van der Waals surface area contributed by atoms with Crippen LogP contribution in [-0.2, 0) is 11.3 Å². The van der Waals surface area contributed by atoms with Gasteiger partial charge in [-0.05, 0) is 22.3 Å². The van der Waals surface area contributed by atoms with Gasteiger partial charge in [-0.3, -0.25) is 5.32 Å². The number of carbonyl (C=O) groups is 1. The van der Waals surface area contributed by atoms with E-state index in [9.17, 15) is 9.90 Å². The molecule has 2 aromatic carbocycles. The molecule has 4 rings (SSSR count). The van der Waals surface area contributed by atoms with Gasteiger partial charge in [0.05, 0.1) is 6.61 Å². The molecule has 6 heteroatoms. The number of benzene rings is 2. The number of rotatable bonds is 4. The Morgan fingerprint density at radius 3 is 2.38 bits per heavy atom. The SMILES string of the molecule is O=C(Nc1ncncc1CO)OCC1c2ccccc2-c2ccccc21. The summed E-state index contributed by atoms with van der Waals surface area (Å²) in [5.41, 5.74) is 5.09. The Morgan fingerprint density at radius 1 is 1.08 bits per heavy atom. The lowest BCUT2D eigenvalue weighted by Crippen LogP contribution is -2.19. The third kappa shape index (κ3) is 2.91. The summed E-state index contributed by atoms with van der Waals surface area (Å²) in [6.07, 6.45) is 2.14. The van der Waals surface area contributed by atoms with Crippen LogP contribution in [0.2, 0.25) is 0 Å². The van der Waals surface area contributed by atoms with Crippen LogP contribution in [0.4, 0.5) is 10.6 Å². The molecule has 0 saturated carbocycles. The molecule has 0 bridgehead atoms. The van der Waals surface area contributed by atoms with Crippen molar-refractivity contribution in [3.8, 4) is 11.1 Å². The summed E-state index contributed by atoms with van der Waals surface area (Å²) in [6, 6.07) is 16.3. The van der Waals surface area contributed by atoms with Gasteiger partial charge in [-0.25, -0.2) is 14.8 Å². The molecule has 2 N–H and O–H groups in total. The first-order chi connectivity index (χ1) is 12.8. The Hall–Kier alpha value is -3.25. The third-order valence-electron chi connectivity index (χ3n) is 4.52. The Morgan fingerprint density at radius 2 is 1.73 bits per heavy atom. The number of carbonyl (C=O) groups excluding carboxylic acids is 1. The molecule has 3 aromatic rings. The summed E-state index contributed by atoms with van der Waals surface area (Å²) in [4.78, 5) is 20.0. The maximum Gasteiger partial charge on any atom is 0.412 e. The van der Waals surface area contributed by atoms with Gasteiger partial charge in [0.15, 0.2) is 0 Å². The van der Waals surface area contributed by atoms with Crippen LogP contribution in [0.3, 0.4) is 0 Å². The zero-order chi connectivity index (χ0) is 17.9. The van der Waals surface area contributed by atoms with Crippen LogP contribution in [0.1, 0.15) is 22.6 Å². The summed E-state index contributed by atoms with van der Waals surface area (Å²) >= 11 is 0. The van der Waals surface area contributed by atoms with E-state index in [4.69, 9.17) is 4.74 Å². The van der Waals surface area contributed by atoms with Crippen molar-refractivity contribution in [1.82, 2.24) is 9.97 Å². The third-order valence-corrected chi connectivity index (χ3v) is 4.52. The average molecular weight is 347 g/mol. The second kappa shape index (κ2) is 6.93. The van der Waals surface area contributed by atoms with Crippen LogP contribution in [-0.4, -0.2) is 27.8 Å². The Bertz CT molecular complexity index is 913. The largest absolute Gasteiger partial charge is 0.448 e. The number of nitrogens with zero attached hydrogens (tertiary/aromatic N) is 2. The highest BCUT2D eigenvalue weighted by Gasteiger charge is 2.29. The van der Waals surface area contributed by atoms with Crippen molar-refractivity contribution in [1.29, 1.82) is 0 Å². The van der Waals surface area contributed by atoms with E-state index in [2.05, 4.69) is 39.6 Å². The molecule has 0 fully saturated rings. The maximum absolute atomic E-state index is 12.2. The van der Waals surface area contributed by atoms with Crippen molar-refractivity contribution >= 4 is 11.9 Å². The van der Waals surface area contributed by atoms with Gasteiger partial charge in [-0.1, -0.05) is 48.5 Å². The van der Waals surface area contributed by atoms with Gasteiger partial charge in [0.25, 0.3) is 0 Å². The Kier molecular flexibility index (Phi) is 4.33. The highest BCUT2D eigenvalue weighted by atomic mass is 16.5. The number of fused-ring (bicyclic) bond motifs is 3. The van der Waals surface area contributed by atoms with Crippen molar-refractivity contribution in [2.24, 2.45) is 0 Å². The molecule has 0 unspecified atom stereocenters. The maximum atomic E-state index is 12.2. The number of hydrogen-bond acceptors (Lipinski definition) is 5. The fourth-order valence-corrected chi connectivity index (χ4v) is 3.32. The molecule has 1 amide bonds. The molecule has 6 nitrogen and oxygen atoms in total. The molecule has 1 heterocycles. The van der Waals surface area contributed by atoms with E-state index in [-0.39, 0.29) is 24.9 Å². The molecule has 0 saturated heterocycles. The lowest BCUT2D eigenvalue weighted by molar-refractivity contribution is 0.158. The average Bonchev–Trinajstić information content (AvgIpc) is 3.01. The minimum atomic E-state index is -0.611. The van der Waals surface area contributed by atoms with E-state index in [1.54, 1.807) is 0 Å². The minimum Gasteiger partial charge on any atom is -0.448 e.